The Bertz CT molecular complexity index is 444. The van der Waals surface area contributed by atoms with Crippen LogP contribution in [0.5, 0.6) is 11.5 Å². The zero-order valence-electron chi connectivity index (χ0n) is 8.81. The molecule has 0 saturated heterocycles. The maximum Gasteiger partial charge on any atom is 0.573 e. The molecule has 18 heavy (non-hydrogen) atoms. The second-order valence-corrected chi connectivity index (χ2v) is 3.40. The Labute approximate surface area is 99.0 Å². The molecular weight excluding hydrogens is 257 g/mol. The Morgan fingerprint density at radius 1 is 1.39 bits per heavy atom. The minimum atomic E-state index is -4.98. The monoisotopic (exact) mass is 266 g/mol. The van der Waals surface area contributed by atoms with E-state index in [1.807, 2.05) is 0 Å². The minimum absolute atomic E-state index is 0.181. The number of phenolic OH excluding ortho intramolecular Hbond substituents is 1. The summed E-state index contributed by atoms with van der Waals surface area (Å²) < 4.78 is 39.8. The fraction of sp³-hybridized carbons (Fsp3) is 0.300. The van der Waals surface area contributed by atoms with Crippen LogP contribution in [0.2, 0.25) is 0 Å². The number of carboxylic acid groups (broad SMARTS) is 1. The average molecular weight is 266 g/mol. The van der Waals surface area contributed by atoms with Crippen molar-refractivity contribution in [3.05, 3.63) is 23.8 Å². The molecular formula is C10H9F3O5. The second-order valence-electron chi connectivity index (χ2n) is 3.40. The summed E-state index contributed by atoms with van der Waals surface area (Å²) in [6, 6.07) is 2.80. The van der Waals surface area contributed by atoms with Gasteiger partial charge in [-0.05, 0) is 11.6 Å². The molecule has 8 heteroatoms. The molecule has 0 aliphatic rings. The smallest absolute Gasteiger partial charge is 0.508 e. The number of aromatic hydroxyl groups is 1. The van der Waals surface area contributed by atoms with Gasteiger partial charge in [-0.2, -0.15) is 0 Å². The normalized spacial score (nSPS) is 13.1. The van der Waals surface area contributed by atoms with Crippen molar-refractivity contribution < 1.29 is 38.0 Å². The summed E-state index contributed by atoms with van der Waals surface area (Å²) in [4.78, 5) is 10.4. The number of rotatable bonds is 4. The molecule has 0 bridgehead atoms. The van der Waals surface area contributed by atoms with E-state index in [4.69, 9.17) is 15.3 Å². The lowest BCUT2D eigenvalue weighted by atomic mass is 10.1. The molecule has 0 aromatic heterocycles. The van der Waals surface area contributed by atoms with E-state index in [0.29, 0.717) is 6.07 Å². The Hall–Kier alpha value is -1.96. The number of aliphatic hydroxyl groups is 1. The largest absolute Gasteiger partial charge is 0.573 e. The van der Waals surface area contributed by atoms with Gasteiger partial charge in [-0.15, -0.1) is 13.2 Å². The highest BCUT2D eigenvalue weighted by Gasteiger charge is 2.32. The van der Waals surface area contributed by atoms with Crippen LogP contribution >= 0.6 is 0 Å². The highest BCUT2D eigenvalue weighted by molar-refractivity contribution is 5.72. The van der Waals surface area contributed by atoms with Crippen LogP contribution in [-0.2, 0) is 11.2 Å². The predicted octanol–water partition coefficient (Wildman–Crippen LogP) is 1.28. The summed E-state index contributed by atoms with van der Waals surface area (Å²) in [5.74, 6) is -2.79. The van der Waals surface area contributed by atoms with Crippen LogP contribution in [0.1, 0.15) is 5.56 Å². The molecule has 100 valence electrons. The number of ether oxygens (including phenoxy) is 1. The van der Waals surface area contributed by atoms with Crippen LogP contribution in [-0.4, -0.2) is 33.8 Å². The van der Waals surface area contributed by atoms with Gasteiger partial charge in [-0.1, -0.05) is 6.07 Å². The number of phenols is 1. The van der Waals surface area contributed by atoms with Crippen molar-refractivity contribution >= 4 is 5.97 Å². The summed E-state index contributed by atoms with van der Waals surface area (Å²) >= 11 is 0. The summed E-state index contributed by atoms with van der Waals surface area (Å²) in [5, 5.41) is 26.6. The third-order valence-electron chi connectivity index (χ3n) is 1.97. The molecule has 0 radical (unpaired) electrons. The maximum atomic E-state index is 12.1. The van der Waals surface area contributed by atoms with Crippen LogP contribution in [0, 0.1) is 0 Å². The molecule has 0 aliphatic heterocycles. The number of alkyl halides is 3. The first-order valence-electron chi connectivity index (χ1n) is 4.67. The van der Waals surface area contributed by atoms with E-state index in [0.717, 1.165) is 12.1 Å². The molecule has 0 amide bonds. The van der Waals surface area contributed by atoms with E-state index >= 15 is 0 Å². The van der Waals surface area contributed by atoms with Crippen LogP contribution < -0.4 is 4.74 Å². The quantitative estimate of drug-likeness (QED) is 0.764. The lowest BCUT2D eigenvalue weighted by Crippen LogP contribution is -2.23. The number of halogens is 3. The first-order chi connectivity index (χ1) is 8.19. The van der Waals surface area contributed by atoms with Crippen molar-refractivity contribution in [1.82, 2.24) is 0 Å². The molecule has 0 heterocycles. The van der Waals surface area contributed by atoms with Crippen molar-refractivity contribution in [2.24, 2.45) is 0 Å². The van der Waals surface area contributed by atoms with E-state index in [-0.39, 0.29) is 5.56 Å². The first kappa shape index (κ1) is 14.1. The van der Waals surface area contributed by atoms with E-state index in [1.165, 1.54) is 0 Å². The molecule has 1 unspecified atom stereocenters. The summed E-state index contributed by atoms with van der Waals surface area (Å²) in [7, 11) is 0. The van der Waals surface area contributed by atoms with E-state index in [2.05, 4.69) is 4.74 Å². The molecule has 1 atom stereocenters. The molecule has 0 saturated carbocycles. The molecule has 1 aromatic rings. The summed E-state index contributed by atoms with van der Waals surface area (Å²) in [5.41, 5.74) is -0.181. The average Bonchev–Trinajstić information content (AvgIpc) is 2.19. The molecule has 5 nitrogen and oxygen atoms in total. The van der Waals surface area contributed by atoms with E-state index in [1.54, 1.807) is 0 Å². The van der Waals surface area contributed by atoms with Gasteiger partial charge in [-0.3, -0.25) is 0 Å². The van der Waals surface area contributed by atoms with Gasteiger partial charge in [0.15, 0.2) is 6.10 Å². The third-order valence-corrected chi connectivity index (χ3v) is 1.97. The highest BCUT2D eigenvalue weighted by Crippen LogP contribution is 2.30. The summed E-state index contributed by atoms with van der Waals surface area (Å²) in [6.45, 7) is 0. The van der Waals surface area contributed by atoms with Crippen LogP contribution in [0.15, 0.2) is 18.2 Å². The number of carbonyl (C=O) groups is 1. The van der Waals surface area contributed by atoms with Gasteiger partial charge in [0.05, 0.1) is 0 Å². The zero-order valence-corrected chi connectivity index (χ0v) is 8.81. The van der Waals surface area contributed by atoms with Crippen molar-refractivity contribution in [3.63, 3.8) is 0 Å². The van der Waals surface area contributed by atoms with Crippen LogP contribution in [0.3, 0.4) is 0 Å². The van der Waals surface area contributed by atoms with Crippen LogP contribution in [0.25, 0.3) is 0 Å². The van der Waals surface area contributed by atoms with E-state index in [9.17, 15) is 18.0 Å². The van der Waals surface area contributed by atoms with Gasteiger partial charge in [-0.25, -0.2) is 4.79 Å². The predicted molar refractivity (Wildman–Crippen MR) is 52.1 cm³/mol. The van der Waals surface area contributed by atoms with Crippen molar-refractivity contribution in [2.45, 2.75) is 18.9 Å². The van der Waals surface area contributed by atoms with Gasteiger partial charge >= 0.3 is 12.3 Å². The number of aliphatic carboxylic acids is 1. The Morgan fingerprint density at radius 2 is 2.00 bits per heavy atom. The fourth-order valence-electron chi connectivity index (χ4n) is 1.23. The van der Waals surface area contributed by atoms with Gasteiger partial charge < -0.3 is 20.1 Å². The molecule has 0 aliphatic carbocycles. The second kappa shape index (κ2) is 5.13. The van der Waals surface area contributed by atoms with Gasteiger partial charge in [0.25, 0.3) is 0 Å². The molecule has 0 spiro atoms. The molecule has 0 fully saturated rings. The maximum absolute atomic E-state index is 12.1. The lowest BCUT2D eigenvalue weighted by Gasteiger charge is -2.14. The van der Waals surface area contributed by atoms with Crippen molar-refractivity contribution in [1.29, 1.82) is 0 Å². The molecule has 1 rings (SSSR count). The lowest BCUT2D eigenvalue weighted by molar-refractivity contribution is -0.274. The SMILES string of the molecule is O=C(O)C(O)Cc1ccc(O)cc1OC(F)(F)F. The van der Waals surface area contributed by atoms with Crippen molar-refractivity contribution in [2.75, 3.05) is 0 Å². The number of hydrogen-bond acceptors (Lipinski definition) is 4. The Kier molecular flexibility index (Phi) is 4.02. The Balaban J connectivity index is 3.00. The first-order valence-corrected chi connectivity index (χ1v) is 4.67. The number of carboxylic acids is 1. The molecule has 1 aromatic carbocycles. The number of benzene rings is 1. The number of aliphatic hydroxyl groups excluding tert-OH is 1. The summed E-state index contributed by atoms with van der Waals surface area (Å²) in [6.07, 6.45) is -7.40. The topological polar surface area (TPSA) is 87.0 Å². The third kappa shape index (κ3) is 4.13. The van der Waals surface area contributed by atoms with Gasteiger partial charge in [0.1, 0.15) is 11.5 Å². The van der Waals surface area contributed by atoms with Crippen molar-refractivity contribution in [3.8, 4) is 11.5 Å². The Morgan fingerprint density at radius 3 is 2.50 bits per heavy atom. The minimum Gasteiger partial charge on any atom is -0.508 e. The number of hydrogen-bond donors (Lipinski definition) is 3. The standard InChI is InChI=1S/C10H9F3O5/c11-10(12,13)18-8-4-6(14)2-1-5(8)3-7(15)9(16)17/h1-2,4,7,14-15H,3H2,(H,16,17). The fourth-order valence-corrected chi connectivity index (χ4v) is 1.23. The van der Waals surface area contributed by atoms with E-state index < -0.39 is 36.4 Å². The van der Waals surface area contributed by atoms with Crippen LogP contribution in [0.4, 0.5) is 13.2 Å². The molecule has 3 N–H and O–H groups in total. The van der Waals surface area contributed by atoms with Gasteiger partial charge in [0, 0.05) is 12.5 Å². The highest BCUT2D eigenvalue weighted by atomic mass is 19.4. The van der Waals surface area contributed by atoms with Gasteiger partial charge in [0.2, 0.25) is 0 Å². The zero-order chi connectivity index (χ0) is 13.9.